The van der Waals surface area contributed by atoms with Crippen molar-refractivity contribution in [2.45, 2.75) is 33.1 Å². The first kappa shape index (κ1) is 19.2. The Labute approximate surface area is 161 Å². The summed E-state index contributed by atoms with van der Waals surface area (Å²) in [6.45, 7) is 5.18. The van der Waals surface area contributed by atoms with E-state index in [2.05, 4.69) is 24.3 Å². The van der Waals surface area contributed by atoms with E-state index in [-0.39, 0.29) is 18.4 Å². The normalized spacial score (nSPS) is 14.8. The van der Waals surface area contributed by atoms with E-state index in [1.54, 1.807) is 4.90 Å². The number of carbonyl (C=O) groups excluding carboxylic acids is 2. The molecule has 1 saturated heterocycles. The molecule has 0 saturated carbocycles. The molecule has 0 aromatic heterocycles. The maximum atomic E-state index is 12.8. The molecule has 0 spiro atoms. The molecule has 2 aromatic rings. The largest absolute Gasteiger partial charge is 0.341 e. The van der Waals surface area contributed by atoms with Crippen LogP contribution in [0.5, 0.6) is 0 Å². The maximum absolute atomic E-state index is 12.8. The van der Waals surface area contributed by atoms with Crippen molar-refractivity contribution in [3.63, 3.8) is 0 Å². The van der Waals surface area contributed by atoms with Gasteiger partial charge in [0.15, 0.2) is 0 Å². The third-order valence-corrected chi connectivity index (χ3v) is 5.35. The average molecular weight is 364 g/mol. The summed E-state index contributed by atoms with van der Waals surface area (Å²) in [5, 5.41) is 0. The minimum absolute atomic E-state index is 0.0314. The number of anilines is 1. The van der Waals surface area contributed by atoms with E-state index < -0.39 is 0 Å². The summed E-state index contributed by atoms with van der Waals surface area (Å²) in [7, 11) is 0. The lowest BCUT2D eigenvalue weighted by Crippen LogP contribution is -2.45. The zero-order chi connectivity index (χ0) is 19.2. The van der Waals surface area contributed by atoms with Crippen LogP contribution in [0.1, 0.15) is 30.9 Å². The molecule has 0 radical (unpaired) electrons. The van der Waals surface area contributed by atoms with Gasteiger partial charge in [-0.3, -0.25) is 9.59 Å². The van der Waals surface area contributed by atoms with Gasteiger partial charge in [-0.2, -0.15) is 0 Å². The van der Waals surface area contributed by atoms with Crippen LogP contribution in [0.4, 0.5) is 5.69 Å². The van der Waals surface area contributed by atoms with Gasteiger partial charge in [0.25, 0.3) is 0 Å². The van der Waals surface area contributed by atoms with Gasteiger partial charge in [-0.1, -0.05) is 48.0 Å². The SMILES string of the molecule is CC(=O)N(CC(=O)N1CCC(Cc2ccccc2)CC1)c1ccc(C)cc1. The van der Waals surface area contributed by atoms with E-state index in [1.807, 2.05) is 42.2 Å². The third-order valence-electron chi connectivity index (χ3n) is 5.35. The second-order valence-corrected chi connectivity index (χ2v) is 7.45. The number of hydrogen-bond donors (Lipinski definition) is 0. The predicted octanol–water partition coefficient (Wildman–Crippen LogP) is 3.83. The van der Waals surface area contributed by atoms with Crippen molar-refractivity contribution < 1.29 is 9.59 Å². The molecule has 1 aliphatic rings. The molecule has 4 heteroatoms. The summed E-state index contributed by atoms with van der Waals surface area (Å²) < 4.78 is 0. The summed E-state index contributed by atoms with van der Waals surface area (Å²) in [6.07, 6.45) is 3.11. The Kier molecular flexibility index (Phi) is 6.28. The van der Waals surface area contributed by atoms with Crippen LogP contribution in [0.2, 0.25) is 0 Å². The first-order valence-electron chi connectivity index (χ1n) is 9.69. The second kappa shape index (κ2) is 8.85. The van der Waals surface area contributed by atoms with Gasteiger partial charge in [-0.15, -0.1) is 0 Å². The molecule has 2 amide bonds. The Morgan fingerprint density at radius 3 is 2.22 bits per heavy atom. The summed E-state index contributed by atoms with van der Waals surface area (Å²) in [6, 6.07) is 18.3. The number of rotatable bonds is 5. The molecular formula is C23H28N2O2. The summed E-state index contributed by atoms with van der Waals surface area (Å²) in [5.41, 5.74) is 3.28. The van der Waals surface area contributed by atoms with Crippen LogP contribution in [0.15, 0.2) is 54.6 Å². The van der Waals surface area contributed by atoms with Crippen molar-refractivity contribution in [1.29, 1.82) is 0 Å². The number of likely N-dealkylation sites (tertiary alicyclic amines) is 1. The molecule has 0 aliphatic carbocycles. The van der Waals surface area contributed by atoms with Crippen molar-refractivity contribution in [3.05, 3.63) is 65.7 Å². The van der Waals surface area contributed by atoms with Crippen LogP contribution >= 0.6 is 0 Å². The Morgan fingerprint density at radius 1 is 1.00 bits per heavy atom. The Bertz CT molecular complexity index is 763. The summed E-state index contributed by atoms with van der Waals surface area (Å²) in [5.74, 6) is 0.549. The number of aryl methyl sites for hydroxylation is 1. The number of benzene rings is 2. The number of amides is 2. The topological polar surface area (TPSA) is 40.6 Å². The quantitative estimate of drug-likeness (QED) is 0.809. The van der Waals surface area contributed by atoms with Crippen molar-refractivity contribution in [1.82, 2.24) is 4.90 Å². The molecule has 1 aliphatic heterocycles. The van der Waals surface area contributed by atoms with Gasteiger partial charge >= 0.3 is 0 Å². The fraction of sp³-hybridized carbons (Fsp3) is 0.391. The molecule has 3 rings (SSSR count). The highest BCUT2D eigenvalue weighted by Crippen LogP contribution is 2.22. The lowest BCUT2D eigenvalue weighted by Gasteiger charge is -2.33. The van der Waals surface area contributed by atoms with Crippen molar-refractivity contribution in [2.24, 2.45) is 5.92 Å². The molecule has 0 N–H and O–H groups in total. The fourth-order valence-electron chi connectivity index (χ4n) is 3.68. The van der Waals surface area contributed by atoms with Gasteiger partial charge in [0.1, 0.15) is 6.54 Å². The van der Waals surface area contributed by atoms with Crippen LogP contribution in [0.3, 0.4) is 0 Å². The van der Waals surface area contributed by atoms with Gasteiger partial charge in [-0.25, -0.2) is 0 Å². The molecule has 0 bridgehead atoms. The van der Waals surface area contributed by atoms with Crippen LogP contribution in [-0.4, -0.2) is 36.3 Å². The van der Waals surface area contributed by atoms with Crippen molar-refractivity contribution >= 4 is 17.5 Å². The predicted molar refractivity (Wildman–Crippen MR) is 109 cm³/mol. The number of nitrogens with zero attached hydrogens (tertiary/aromatic N) is 2. The molecule has 0 atom stereocenters. The fourth-order valence-corrected chi connectivity index (χ4v) is 3.68. The minimum atomic E-state index is -0.105. The summed E-state index contributed by atoms with van der Waals surface area (Å²) >= 11 is 0. The van der Waals surface area contributed by atoms with E-state index in [9.17, 15) is 9.59 Å². The summed E-state index contributed by atoms with van der Waals surface area (Å²) in [4.78, 5) is 28.3. The second-order valence-electron chi connectivity index (χ2n) is 7.45. The standard InChI is InChI=1S/C23H28N2O2/c1-18-8-10-22(11-9-18)25(19(2)26)17-23(27)24-14-12-21(13-15-24)16-20-6-4-3-5-7-20/h3-11,21H,12-17H2,1-2H3. The zero-order valence-electron chi connectivity index (χ0n) is 16.2. The number of piperidine rings is 1. The van der Waals surface area contributed by atoms with E-state index in [0.717, 1.165) is 43.6 Å². The molecule has 1 heterocycles. The molecule has 27 heavy (non-hydrogen) atoms. The number of hydrogen-bond acceptors (Lipinski definition) is 2. The first-order valence-corrected chi connectivity index (χ1v) is 9.69. The van der Waals surface area contributed by atoms with Gasteiger partial charge < -0.3 is 9.80 Å². The molecular weight excluding hydrogens is 336 g/mol. The van der Waals surface area contributed by atoms with Crippen LogP contribution in [0.25, 0.3) is 0 Å². The maximum Gasteiger partial charge on any atom is 0.242 e. The molecule has 142 valence electrons. The van der Waals surface area contributed by atoms with E-state index >= 15 is 0 Å². The van der Waals surface area contributed by atoms with Crippen molar-refractivity contribution in [2.75, 3.05) is 24.5 Å². The minimum Gasteiger partial charge on any atom is -0.341 e. The first-order chi connectivity index (χ1) is 13.0. The van der Waals surface area contributed by atoms with Gasteiger partial charge in [0.2, 0.25) is 11.8 Å². The highest BCUT2D eigenvalue weighted by atomic mass is 16.2. The van der Waals surface area contributed by atoms with Gasteiger partial charge in [-0.05, 0) is 49.8 Å². The molecule has 4 nitrogen and oxygen atoms in total. The monoisotopic (exact) mass is 364 g/mol. The van der Waals surface area contributed by atoms with Crippen LogP contribution in [0, 0.1) is 12.8 Å². The molecule has 1 fully saturated rings. The average Bonchev–Trinajstić information content (AvgIpc) is 2.68. The zero-order valence-corrected chi connectivity index (χ0v) is 16.2. The van der Waals surface area contributed by atoms with E-state index in [1.165, 1.54) is 12.5 Å². The highest BCUT2D eigenvalue weighted by molar-refractivity contribution is 5.97. The lowest BCUT2D eigenvalue weighted by atomic mass is 9.90. The Balaban J connectivity index is 1.55. The Morgan fingerprint density at radius 2 is 1.63 bits per heavy atom. The number of carbonyl (C=O) groups is 2. The van der Waals surface area contributed by atoms with Gasteiger partial charge in [0.05, 0.1) is 0 Å². The van der Waals surface area contributed by atoms with Gasteiger partial charge in [0, 0.05) is 25.7 Å². The molecule has 2 aromatic carbocycles. The highest BCUT2D eigenvalue weighted by Gasteiger charge is 2.25. The Hall–Kier alpha value is -2.62. The smallest absolute Gasteiger partial charge is 0.242 e. The van der Waals surface area contributed by atoms with E-state index in [4.69, 9.17) is 0 Å². The lowest BCUT2D eigenvalue weighted by molar-refractivity contribution is -0.132. The van der Waals surface area contributed by atoms with Crippen LogP contribution in [-0.2, 0) is 16.0 Å². The van der Waals surface area contributed by atoms with E-state index in [0.29, 0.717) is 5.92 Å². The third kappa shape index (κ3) is 5.19. The van der Waals surface area contributed by atoms with Crippen molar-refractivity contribution in [3.8, 4) is 0 Å². The molecule has 0 unspecified atom stereocenters. The van der Waals surface area contributed by atoms with Crippen LogP contribution < -0.4 is 4.90 Å².